The Morgan fingerprint density at radius 3 is 1.36 bits per heavy atom. The van der Waals surface area contributed by atoms with Crippen molar-refractivity contribution in [1.82, 2.24) is 0 Å². The van der Waals surface area contributed by atoms with Gasteiger partial charge in [-0.25, -0.2) is 4.57 Å². The Morgan fingerprint density at radius 2 is 1.36 bits per heavy atom. The van der Waals surface area contributed by atoms with Gasteiger partial charge in [0, 0.05) is 11.8 Å². The molecule has 0 aromatic heterocycles. The number of aliphatic hydroxyl groups is 1. The van der Waals surface area contributed by atoms with Crippen molar-refractivity contribution in [2.45, 2.75) is 6.10 Å². The zero-order valence-electron chi connectivity index (χ0n) is 5.39. The SMILES string of the molecule is O=P(O)(O)O.OC(CCl)CCl. The summed E-state index contributed by atoms with van der Waals surface area (Å²) in [6.07, 6.45) is -0.534. The van der Waals surface area contributed by atoms with Gasteiger partial charge in [0.1, 0.15) is 0 Å². The monoisotopic (exact) mass is 226 g/mol. The highest BCUT2D eigenvalue weighted by molar-refractivity contribution is 7.45. The summed E-state index contributed by atoms with van der Waals surface area (Å²) in [6.45, 7) is 0. The normalized spacial score (nSPS) is 10.8. The molecule has 0 spiro atoms. The van der Waals surface area contributed by atoms with Crippen molar-refractivity contribution in [3.05, 3.63) is 0 Å². The van der Waals surface area contributed by atoms with Crippen LogP contribution in [-0.4, -0.2) is 37.7 Å². The van der Waals surface area contributed by atoms with Crippen LogP contribution >= 0.6 is 31.0 Å². The van der Waals surface area contributed by atoms with Crippen molar-refractivity contribution < 1.29 is 24.4 Å². The van der Waals surface area contributed by atoms with Crippen LogP contribution in [0.25, 0.3) is 0 Å². The molecule has 0 rings (SSSR count). The molecule has 0 saturated carbocycles. The summed E-state index contributed by atoms with van der Waals surface area (Å²) >= 11 is 10.2. The topological polar surface area (TPSA) is 98.0 Å². The molecule has 0 fully saturated rings. The fourth-order valence-corrected chi connectivity index (χ4v) is 0.371. The number of alkyl halides is 2. The van der Waals surface area contributed by atoms with Crippen LogP contribution in [-0.2, 0) is 4.57 Å². The van der Waals surface area contributed by atoms with Crippen molar-refractivity contribution in [3.8, 4) is 0 Å². The van der Waals surface area contributed by atoms with E-state index in [0.717, 1.165) is 0 Å². The summed E-state index contributed by atoms with van der Waals surface area (Å²) in [4.78, 5) is 21.6. The Bertz CT molecular complexity index is 113. The molecule has 0 unspecified atom stereocenters. The largest absolute Gasteiger partial charge is 0.466 e. The maximum Gasteiger partial charge on any atom is 0.466 e. The summed E-state index contributed by atoms with van der Waals surface area (Å²) in [5.41, 5.74) is 0. The molecule has 0 aromatic rings. The van der Waals surface area contributed by atoms with E-state index in [-0.39, 0.29) is 11.8 Å². The molecule has 0 aliphatic rings. The minimum Gasteiger partial charge on any atom is -0.391 e. The lowest BCUT2D eigenvalue weighted by Gasteiger charge is -1.94. The fourth-order valence-electron chi connectivity index (χ4n) is 0.0412. The summed E-state index contributed by atoms with van der Waals surface area (Å²) < 4.78 is 8.88. The molecule has 0 saturated heterocycles. The van der Waals surface area contributed by atoms with E-state index in [4.69, 9.17) is 47.6 Å². The van der Waals surface area contributed by atoms with Crippen molar-refractivity contribution >= 4 is 31.0 Å². The Labute approximate surface area is 73.8 Å². The Balaban J connectivity index is 0. The molecular weight excluding hydrogens is 218 g/mol. The second-order valence-electron chi connectivity index (χ2n) is 1.48. The highest BCUT2D eigenvalue weighted by Crippen LogP contribution is 2.25. The quantitative estimate of drug-likeness (QED) is 0.390. The summed E-state index contributed by atoms with van der Waals surface area (Å²) in [5, 5.41) is 8.40. The van der Waals surface area contributed by atoms with E-state index in [0.29, 0.717) is 0 Å². The lowest BCUT2D eigenvalue weighted by atomic mass is 10.5. The van der Waals surface area contributed by atoms with Crippen LogP contribution in [0.5, 0.6) is 0 Å². The lowest BCUT2D eigenvalue weighted by Crippen LogP contribution is -2.08. The number of hydrogen-bond donors (Lipinski definition) is 4. The number of hydrogen-bond acceptors (Lipinski definition) is 2. The first-order valence-electron chi connectivity index (χ1n) is 2.39. The molecule has 0 heterocycles. The van der Waals surface area contributed by atoms with Gasteiger partial charge in [0.15, 0.2) is 0 Å². The van der Waals surface area contributed by atoms with Crippen LogP contribution in [0, 0.1) is 0 Å². The molecule has 0 radical (unpaired) electrons. The third kappa shape index (κ3) is 36.9. The smallest absolute Gasteiger partial charge is 0.391 e. The average Bonchev–Trinajstić information content (AvgIpc) is 1.83. The molecule has 5 nitrogen and oxygen atoms in total. The molecule has 0 atom stereocenters. The molecular formula is C3H9Cl2O5P. The maximum atomic E-state index is 8.88. The minimum atomic E-state index is -4.64. The van der Waals surface area contributed by atoms with Crippen molar-refractivity contribution in [1.29, 1.82) is 0 Å². The first-order chi connectivity index (χ1) is 4.81. The number of phosphoric acid groups is 1. The van der Waals surface area contributed by atoms with Crippen LogP contribution in [0.1, 0.15) is 0 Å². The van der Waals surface area contributed by atoms with Gasteiger partial charge in [-0.2, -0.15) is 0 Å². The molecule has 0 aliphatic carbocycles. The van der Waals surface area contributed by atoms with Crippen LogP contribution < -0.4 is 0 Å². The molecule has 8 heteroatoms. The van der Waals surface area contributed by atoms with E-state index in [1.807, 2.05) is 0 Å². The highest BCUT2D eigenvalue weighted by atomic mass is 35.5. The van der Waals surface area contributed by atoms with Crippen LogP contribution in [0.3, 0.4) is 0 Å². The highest BCUT2D eigenvalue weighted by Gasteiger charge is 2.00. The van der Waals surface area contributed by atoms with E-state index in [1.165, 1.54) is 0 Å². The molecule has 0 aliphatic heterocycles. The second-order valence-corrected chi connectivity index (χ2v) is 3.12. The fraction of sp³-hybridized carbons (Fsp3) is 1.00. The summed E-state index contributed by atoms with van der Waals surface area (Å²) in [6, 6.07) is 0. The third-order valence-electron chi connectivity index (χ3n) is 0.356. The zero-order chi connectivity index (χ0) is 9.49. The Kier molecular flexibility index (Phi) is 9.43. The first-order valence-corrected chi connectivity index (χ1v) is 5.03. The van der Waals surface area contributed by atoms with Crippen molar-refractivity contribution in [3.63, 3.8) is 0 Å². The third-order valence-corrected chi connectivity index (χ3v) is 1.07. The van der Waals surface area contributed by atoms with Gasteiger partial charge in [0.2, 0.25) is 0 Å². The standard InChI is InChI=1S/C3H6Cl2O.H3O4P/c4-1-3(6)2-5;1-5(2,3)4/h3,6H,1-2H2;(H3,1,2,3,4). The van der Waals surface area contributed by atoms with Gasteiger partial charge < -0.3 is 19.8 Å². The first kappa shape index (κ1) is 14.2. The molecule has 0 aromatic carbocycles. The second kappa shape index (κ2) is 7.31. The van der Waals surface area contributed by atoms with Crippen LogP contribution in [0.2, 0.25) is 0 Å². The zero-order valence-corrected chi connectivity index (χ0v) is 7.80. The molecule has 11 heavy (non-hydrogen) atoms. The van der Waals surface area contributed by atoms with Crippen LogP contribution in [0.15, 0.2) is 0 Å². The van der Waals surface area contributed by atoms with Crippen molar-refractivity contribution in [2.24, 2.45) is 0 Å². The van der Waals surface area contributed by atoms with E-state index in [9.17, 15) is 0 Å². The van der Waals surface area contributed by atoms with Gasteiger partial charge in [0.25, 0.3) is 0 Å². The maximum absolute atomic E-state index is 8.88. The predicted molar refractivity (Wildman–Crippen MR) is 41.7 cm³/mol. The Hall–Kier alpha value is 0.650. The van der Waals surface area contributed by atoms with E-state index >= 15 is 0 Å². The molecule has 0 amide bonds. The van der Waals surface area contributed by atoms with Gasteiger partial charge in [-0.1, -0.05) is 0 Å². The van der Waals surface area contributed by atoms with Crippen LogP contribution in [0.4, 0.5) is 0 Å². The van der Waals surface area contributed by atoms with Gasteiger partial charge >= 0.3 is 7.82 Å². The van der Waals surface area contributed by atoms with Gasteiger partial charge in [-0.3, -0.25) is 0 Å². The predicted octanol–water partition coefficient (Wildman–Crippen LogP) is -0.104. The average molecular weight is 227 g/mol. The van der Waals surface area contributed by atoms with E-state index in [2.05, 4.69) is 0 Å². The summed E-state index contributed by atoms with van der Waals surface area (Å²) in [5.74, 6) is 0.451. The van der Waals surface area contributed by atoms with E-state index in [1.54, 1.807) is 0 Å². The molecule has 4 N–H and O–H groups in total. The summed E-state index contributed by atoms with van der Waals surface area (Å²) in [7, 11) is -4.64. The van der Waals surface area contributed by atoms with Gasteiger partial charge in [0.05, 0.1) is 6.10 Å². The molecule has 0 bridgehead atoms. The lowest BCUT2D eigenvalue weighted by molar-refractivity contribution is 0.222. The Morgan fingerprint density at radius 1 is 1.18 bits per heavy atom. The van der Waals surface area contributed by atoms with Gasteiger partial charge in [-0.05, 0) is 0 Å². The van der Waals surface area contributed by atoms with Crippen molar-refractivity contribution in [2.75, 3.05) is 11.8 Å². The number of halogens is 2. The number of aliphatic hydroxyl groups excluding tert-OH is 1. The number of rotatable bonds is 2. The van der Waals surface area contributed by atoms with Gasteiger partial charge in [-0.15, -0.1) is 23.2 Å². The van der Waals surface area contributed by atoms with E-state index < -0.39 is 13.9 Å². The molecule has 70 valence electrons. The minimum absolute atomic E-state index is 0.226.